The number of alkyl halides is 3. The molecule has 0 aliphatic rings. The van der Waals surface area contributed by atoms with Gasteiger partial charge in [-0.15, -0.1) is 11.8 Å². The van der Waals surface area contributed by atoms with Crippen molar-refractivity contribution >= 4 is 44.8 Å². The van der Waals surface area contributed by atoms with Crippen LogP contribution in [0.1, 0.15) is 56.1 Å². The van der Waals surface area contributed by atoms with Gasteiger partial charge in [-0.2, -0.15) is 13.2 Å². The van der Waals surface area contributed by atoms with Crippen molar-refractivity contribution in [2.45, 2.75) is 62.3 Å². The molecule has 0 saturated carbocycles. The van der Waals surface area contributed by atoms with Crippen LogP contribution >= 0.6 is 23.4 Å². The number of sulfone groups is 1. The van der Waals surface area contributed by atoms with Gasteiger partial charge in [-0.25, -0.2) is 8.42 Å². The van der Waals surface area contributed by atoms with Crippen molar-refractivity contribution in [3.8, 4) is 5.75 Å². The Morgan fingerprint density at radius 1 is 1.18 bits per heavy atom. The number of amides is 1. The van der Waals surface area contributed by atoms with Crippen LogP contribution in [0.15, 0.2) is 34.1 Å². The summed E-state index contributed by atoms with van der Waals surface area (Å²) in [7, 11) is -5.59. The molecule has 0 atom stereocenters. The van der Waals surface area contributed by atoms with Crippen LogP contribution in [0.3, 0.4) is 0 Å². The molecule has 2 aromatic rings. The Morgan fingerprint density at radius 2 is 1.76 bits per heavy atom. The first-order valence-corrected chi connectivity index (χ1v) is 13.1. The van der Waals surface area contributed by atoms with Crippen LogP contribution in [-0.2, 0) is 15.3 Å². The summed E-state index contributed by atoms with van der Waals surface area (Å²) in [5.41, 5.74) is -4.94. The summed E-state index contributed by atoms with van der Waals surface area (Å²) in [5.74, 6) is 0.250. The Hall–Kier alpha value is -1.91. The highest BCUT2D eigenvalue weighted by Crippen LogP contribution is 2.41. The van der Waals surface area contributed by atoms with Crippen LogP contribution in [-0.4, -0.2) is 30.7 Å². The Balaban J connectivity index is 2.53. The van der Waals surface area contributed by atoms with E-state index in [2.05, 4.69) is 19.2 Å². The van der Waals surface area contributed by atoms with Crippen molar-refractivity contribution in [2.24, 2.45) is 5.92 Å². The van der Waals surface area contributed by atoms with Crippen molar-refractivity contribution in [1.29, 1.82) is 0 Å². The summed E-state index contributed by atoms with van der Waals surface area (Å²) in [6, 6.07) is 4.18. The number of phenols is 1. The molecule has 11 heteroatoms. The number of hydrogen-bond acceptors (Lipinski definition) is 5. The van der Waals surface area contributed by atoms with E-state index in [1.807, 2.05) is 26.8 Å². The second-order valence-electron chi connectivity index (χ2n) is 9.27. The molecule has 2 N–H and O–H groups in total. The van der Waals surface area contributed by atoms with Crippen LogP contribution in [0.2, 0.25) is 5.02 Å². The summed E-state index contributed by atoms with van der Waals surface area (Å²) >= 11 is 7.55. The van der Waals surface area contributed by atoms with Gasteiger partial charge in [0.05, 0.1) is 21.2 Å². The maximum Gasteiger partial charge on any atom is 0.501 e. The third-order valence-electron chi connectivity index (χ3n) is 4.92. The van der Waals surface area contributed by atoms with Gasteiger partial charge >= 0.3 is 5.51 Å². The average molecular weight is 538 g/mol. The van der Waals surface area contributed by atoms with Gasteiger partial charge in [0.2, 0.25) is 0 Å². The molecule has 0 bridgehead atoms. The van der Waals surface area contributed by atoms with E-state index in [1.54, 1.807) is 18.7 Å². The molecule has 0 aliphatic heterocycles. The first-order valence-electron chi connectivity index (χ1n) is 10.3. The smallest absolute Gasteiger partial charge is 0.501 e. The number of nitrogens with one attached hydrogen (secondary N) is 1. The normalized spacial score (nSPS) is 12.8. The number of thioether (sulfide) groups is 1. The monoisotopic (exact) mass is 537 g/mol. The quantitative estimate of drug-likeness (QED) is 0.390. The first kappa shape index (κ1) is 28.3. The van der Waals surface area contributed by atoms with Gasteiger partial charge in [0.1, 0.15) is 5.75 Å². The highest BCUT2D eigenvalue weighted by molar-refractivity contribution is 7.99. The number of aromatic hydroxyl groups is 1. The van der Waals surface area contributed by atoms with E-state index in [9.17, 15) is 31.5 Å². The number of phenolic OH excluding ortho intramolecular Hbond substituents is 1. The van der Waals surface area contributed by atoms with E-state index in [-0.39, 0.29) is 17.0 Å². The predicted octanol–water partition coefficient (Wildman–Crippen LogP) is 6.95. The second kappa shape index (κ2) is 9.99. The molecule has 34 heavy (non-hydrogen) atoms. The molecular formula is C23H27ClF3NO4S2. The highest BCUT2D eigenvalue weighted by atomic mass is 35.5. The number of benzene rings is 2. The Morgan fingerprint density at radius 3 is 2.24 bits per heavy atom. The average Bonchev–Trinajstić information content (AvgIpc) is 2.66. The fourth-order valence-electron chi connectivity index (χ4n) is 3.08. The summed E-state index contributed by atoms with van der Waals surface area (Å²) in [5, 5.41) is 13.0. The lowest BCUT2D eigenvalue weighted by molar-refractivity contribution is -0.0436. The number of anilines is 1. The Kier molecular flexibility index (Phi) is 8.32. The van der Waals surface area contributed by atoms with Crippen LogP contribution < -0.4 is 5.32 Å². The Bertz CT molecular complexity index is 1200. The molecule has 0 radical (unpaired) electrons. The first-order chi connectivity index (χ1) is 15.4. The highest BCUT2D eigenvalue weighted by Gasteiger charge is 2.47. The lowest BCUT2D eigenvalue weighted by atomic mass is 9.84. The molecule has 0 fully saturated rings. The number of halogens is 4. The number of rotatable bonds is 6. The number of carbonyl (C=O) groups excluding carboxylic acids is 1. The van der Waals surface area contributed by atoms with Gasteiger partial charge in [-0.1, -0.05) is 46.2 Å². The molecule has 1 amide bonds. The topological polar surface area (TPSA) is 83.5 Å². The number of hydrogen-bond donors (Lipinski definition) is 2. The van der Waals surface area contributed by atoms with E-state index in [4.69, 9.17) is 11.6 Å². The van der Waals surface area contributed by atoms with Gasteiger partial charge in [-0.05, 0) is 48.1 Å². The second-order valence-corrected chi connectivity index (χ2v) is 12.7. The minimum Gasteiger partial charge on any atom is -0.507 e. The van der Waals surface area contributed by atoms with Gasteiger partial charge < -0.3 is 10.4 Å². The molecule has 2 aromatic carbocycles. The summed E-state index contributed by atoms with van der Waals surface area (Å²) in [4.78, 5) is 13.0. The van der Waals surface area contributed by atoms with E-state index in [0.717, 1.165) is 16.7 Å². The minimum atomic E-state index is -5.59. The SMILES string of the molecule is Cc1c(SCC(C)C)cc(C(C)(C)C)c(O)c1C(=O)Nc1ccc(S(=O)(=O)C(F)(F)F)cc1Cl. The van der Waals surface area contributed by atoms with Crippen LogP contribution in [0, 0.1) is 12.8 Å². The van der Waals surface area contributed by atoms with Gasteiger partial charge in [0.25, 0.3) is 15.7 Å². The van der Waals surface area contributed by atoms with Crippen molar-refractivity contribution < 1.29 is 31.5 Å². The van der Waals surface area contributed by atoms with E-state index >= 15 is 0 Å². The number of carbonyl (C=O) groups is 1. The molecule has 0 unspecified atom stereocenters. The largest absolute Gasteiger partial charge is 0.507 e. The summed E-state index contributed by atoms with van der Waals surface area (Å²) < 4.78 is 61.7. The van der Waals surface area contributed by atoms with Gasteiger partial charge in [0.15, 0.2) is 0 Å². The van der Waals surface area contributed by atoms with Gasteiger partial charge in [0, 0.05) is 16.2 Å². The van der Waals surface area contributed by atoms with E-state index in [0.29, 0.717) is 29.2 Å². The van der Waals surface area contributed by atoms with Crippen molar-refractivity contribution in [1.82, 2.24) is 0 Å². The van der Waals surface area contributed by atoms with Gasteiger partial charge in [-0.3, -0.25) is 4.79 Å². The lowest BCUT2D eigenvalue weighted by Gasteiger charge is -2.25. The molecule has 0 heterocycles. The van der Waals surface area contributed by atoms with Crippen molar-refractivity contribution in [3.05, 3.63) is 46.0 Å². The van der Waals surface area contributed by atoms with Crippen molar-refractivity contribution in [2.75, 3.05) is 11.1 Å². The molecule has 2 rings (SSSR count). The van der Waals surface area contributed by atoms with E-state index in [1.165, 1.54) is 0 Å². The Labute approximate surface area is 207 Å². The fraction of sp³-hybridized carbons (Fsp3) is 0.435. The molecule has 0 spiro atoms. The molecule has 188 valence electrons. The fourth-order valence-corrected chi connectivity index (χ4v) is 5.19. The molecule has 0 saturated heterocycles. The minimum absolute atomic E-state index is 0.0155. The summed E-state index contributed by atoms with van der Waals surface area (Å²) in [6.07, 6.45) is 0. The predicted molar refractivity (Wildman–Crippen MR) is 130 cm³/mol. The maximum absolute atomic E-state index is 13.2. The standard InChI is InChI=1S/C23H27ClF3NO4S2/c1-12(2)11-33-18-10-15(22(4,5)6)20(29)19(13(18)3)21(30)28-17-8-7-14(9-16(17)24)34(31,32)23(25,26)27/h7-10,12,29H,11H2,1-6H3,(H,28,30). The van der Waals surface area contributed by atoms with Crippen LogP contribution in [0.25, 0.3) is 0 Å². The third kappa shape index (κ3) is 6.01. The third-order valence-corrected chi connectivity index (χ3v) is 8.29. The zero-order valence-corrected chi connectivity index (χ0v) is 22.0. The molecule has 5 nitrogen and oxygen atoms in total. The van der Waals surface area contributed by atoms with E-state index < -0.39 is 36.6 Å². The molecular weight excluding hydrogens is 511 g/mol. The lowest BCUT2D eigenvalue weighted by Crippen LogP contribution is -2.23. The van der Waals surface area contributed by atoms with Crippen LogP contribution in [0.4, 0.5) is 18.9 Å². The summed E-state index contributed by atoms with van der Waals surface area (Å²) in [6.45, 7) is 11.5. The maximum atomic E-state index is 13.2. The zero-order valence-electron chi connectivity index (χ0n) is 19.6. The van der Waals surface area contributed by atoms with Crippen LogP contribution in [0.5, 0.6) is 5.75 Å². The zero-order chi connectivity index (χ0) is 26.2. The molecule has 0 aliphatic carbocycles. The van der Waals surface area contributed by atoms with Crippen molar-refractivity contribution in [3.63, 3.8) is 0 Å². The molecule has 0 aromatic heterocycles.